The highest BCUT2D eigenvalue weighted by atomic mass is 19.4. The Hall–Kier alpha value is -2.87. The molecule has 1 saturated heterocycles. The van der Waals surface area contributed by atoms with Gasteiger partial charge in [0.25, 0.3) is 0 Å². The van der Waals surface area contributed by atoms with Crippen LogP contribution in [0.15, 0.2) is 36.9 Å². The molecule has 3 heterocycles. The van der Waals surface area contributed by atoms with Crippen molar-refractivity contribution in [2.75, 3.05) is 11.9 Å². The molecule has 4 atom stereocenters. The number of hydrogen-bond acceptors (Lipinski definition) is 8. The van der Waals surface area contributed by atoms with Crippen LogP contribution < -0.4 is 5.32 Å². The van der Waals surface area contributed by atoms with Crippen molar-refractivity contribution < 1.29 is 37.2 Å². The first-order valence-corrected chi connectivity index (χ1v) is 8.65. The third kappa shape index (κ3) is 4.05. The second-order valence-electron chi connectivity index (χ2n) is 6.48. The van der Waals surface area contributed by atoms with E-state index in [0.717, 1.165) is 0 Å². The second-order valence-corrected chi connectivity index (χ2v) is 6.48. The van der Waals surface area contributed by atoms with E-state index in [-0.39, 0.29) is 17.0 Å². The molecule has 0 spiro atoms. The number of ether oxygens (including phenoxy) is 2. The van der Waals surface area contributed by atoms with Gasteiger partial charge in [0.15, 0.2) is 23.2 Å². The Morgan fingerprint density at radius 1 is 1.17 bits per heavy atom. The Morgan fingerprint density at radius 2 is 1.97 bits per heavy atom. The molecule has 0 amide bonds. The zero-order valence-electron chi connectivity index (χ0n) is 15.0. The van der Waals surface area contributed by atoms with E-state index in [2.05, 4.69) is 25.0 Å². The molecule has 9 nitrogen and oxygen atoms in total. The molecule has 0 saturated carbocycles. The zero-order chi connectivity index (χ0) is 21.5. The fourth-order valence-corrected chi connectivity index (χ4v) is 3.11. The third-order valence-electron chi connectivity index (χ3n) is 4.47. The van der Waals surface area contributed by atoms with E-state index in [4.69, 9.17) is 4.74 Å². The minimum atomic E-state index is -4.90. The first-order valence-electron chi connectivity index (χ1n) is 8.65. The lowest BCUT2D eigenvalue weighted by Gasteiger charge is -2.16. The SMILES string of the molecule is O[C@@H]1[C@H](O)[C@@H](COC(F)(F)F)O[C@H]1n1cnc2c(Nc3cccc(F)c3)ncnc21. The van der Waals surface area contributed by atoms with Crippen LogP contribution >= 0.6 is 0 Å². The summed E-state index contributed by atoms with van der Waals surface area (Å²) in [4.78, 5) is 12.3. The molecule has 2 aromatic heterocycles. The topological polar surface area (TPSA) is 115 Å². The van der Waals surface area contributed by atoms with Gasteiger partial charge >= 0.3 is 6.36 Å². The van der Waals surface area contributed by atoms with Crippen molar-refractivity contribution in [1.29, 1.82) is 0 Å². The molecule has 160 valence electrons. The molecule has 1 aliphatic heterocycles. The predicted molar refractivity (Wildman–Crippen MR) is 92.9 cm³/mol. The number of nitrogens with one attached hydrogen (secondary N) is 1. The van der Waals surface area contributed by atoms with E-state index in [1.807, 2.05) is 0 Å². The summed E-state index contributed by atoms with van der Waals surface area (Å²) in [5.74, 6) is -0.228. The molecule has 0 aliphatic carbocycles. The van der Waals surface area contributed by atoms with Crippen molar-refractivity contribution in [3.05, 3.63) is 42.7 Å². The largest absolute Gasteiger partial charge is 0.522 e. The number of aromatic nitrogens is 4. The van der Waals surface area contributed by atoms with Crippen LogP contribution in [0, 0.1) is 5.82 Å². The van der Waals surface area contributed by atoms with Crippen molar-refractivity contribution in [1.82, 2.24) is 19.5 Å². The number of alkyl halides is 3. The Bertz CT molecular complexity index is 1050. The van der Waals surface area contributed by atoms with Crippen molar-refractivity contribution in [3.63, 3.8) is 0 Å². The number of halogens is 4. The molecule has 1 aliphatic rings. The van der Waals surface area contributed by atoms with E-state index in [0.29, 0.717) is 5.69 Å². The Morgan fingerprint density at radius 3 is 2.70 bits per heavy atom. The van der Waals surface area contributed by atoms with Gasteiger partial charge in [-0.05, 0) is 18.2 Å². The molecular formula is C17H15F4N5O4. The number of hydrogen-bond donors (Lipinski definition) is 3. The Labute approximate surface area is 165 Å². The normalized spacial score (nSPS) is 24.5. The maximum Gasteiger partial charge on any atom is 0.522 e. The minimum Gasteiger partial charge on any atom is -0.387 e. The second kappa shape index (κ2) is 7.75. The number of rotatable bonds is 5. The van der Waals surface area contributed by atoms with E-state index in [1.165, 1.54) is 35.4 Å². The minimum absolute atomic E-state index is 0.178. The quantitative estimate of drug-likeness (QED) is 0.527. The van der Waals surface area contributed by atoms with Gasteiger partial charge in [-0.15, -0.1) is 13.2 Å². The lowest BCUT2D eigenvalue weighted by Crippen LogP contribution is -2.35. The number of fused-ring (bicyclic) bond motifs is 1. The standard InChI is InChI=1S/C17H15F4N5O4/c18-8-2-1-3-9(4-8)25-14-11-15(23-6-22-14)26(7-24-11)16-13(28)12(27)10(30-16)5-29-17(19,20)21/h1-4,6-7,10,12-13,16,27-28H,5H2,(H,22,23,25)/t10-,12-,13-,16-/m1/s1. The van der Waals surface area contributed by atoms with E-state index < -0.39 is 43.3 Å². The van der Waals surface area contributed by atoms with Crippen LogP contribution in [-0.4, -0.2) is 61.0 Å². The smallest absolute Gasteiger partial charge is 0.387 e. The third-order valence-corrected chi connectivity index (χ3v) is 4.47. The van der Waals surface area contributed by atoms with Gasteiger partial charge in [0.2, 0.25) is 0 Å². The summed E-state index contributed by atoms with van der Waals surface area (Å²) in [5, 5.41) is 23.2. The van der Waals surface area contributed by atoms with Gasteiger partial charge in [0.1, 0.15) is 30.5 Å². The number of nitrogens with zero attached hydrogens (tertiary/aromatic N) is 4. The van der Waals surface area contributed by atoms with Crippen LogP contribution in [0.1, 0.15) is 6.23 Å². The number of anilines is 2. The summed E-state index contributed by atoms with van der Waals surface area (Å²) in [5.41, 5.74) is 0.820. The lowest BCUT2D eigenvalue weighted by molar-refractivity contribution is -0.333. The summed E-state index contributed by atoms with van der Waals surface area (Å²) < 4.78 is 60.6. The first-order chi connectivity index (χ1) is 14.2. The van der Waals surface area contributed by atoms with Crippen LogP contribution in [0.4, 0.5) is 29.1 Å². The summed E-state index contributed by atoms with van der Waals surface area (Å²) in [6.45, 7) is -0.994. The van der Waals surface area contributed by atoms with Crippen LogP contribution in [0.2, 0.25) is 0 Å². The lowest BCUT2D eigenvalue weighted by atomic mass is 10.1. The molecule has 0 radical (unpaired) electrons. The van der Waals surface area contributed by atoms with Gasteiger partial charge in [-0.25, -0.2) is 19.3 Å². The van der Waals surface area contributed by atoms with E-state index >= 15 is 0 Å². The molecule has 0 unspecified atom stereocenters. The van der Waals surface area contributed by atoms with Crippen LogP contribution in [0.3, 0.4) is 0 Å². The van der Waals surface area contributed by atoms with Gasteiger partial charge in [0.05, 0.1) is 12.9 Å². The fraction of sp³-hybridized carbons (Fsp3) is 0.353. The van der Waals surface area contributed by atoms with Gasteiger partial charge < -0.3 is 20.3 Å². The Balaban J connectivity index is 1.59. The van der Waals surface area contributed by atoms with Crippen LogP contribution in [-0.2, 0) is 9.47 Å². The van der Waals surface area contributed by atoms with Crippen molar-refractivity contribution >= 4 is 22.7 Å². The molecule has 1 fully saturated rings. The summed E-state index contributed by atoms with van der Waals surface area (Å²) in [6, 6.07) is 5.64. The number of imidazole rings is 1. The Kier molecular flexibility index (Phi) is 5.27. The van der Waals surface area contributed by atoms with Gasteiger partial charge in [-0.3, -0.25) is 9.30 Å². The maximum absolute atomic E-state index is 13.4. The molecule has 1 aromatic carbocycles. The van der Waals surface area contributed by atoms with Crippen molar-refractivity contribution in [2.45, 2.75) is 30.9 Å². The molecule has 0 bridgehead atoms. The molecule has 4 rings (SSSR count). The molecule has 30 heavy (non-hydrogen) atoms. The monoisotopic (exact) mass is 429 g/mol. The highest BCUT2D eigenvalue weighted by Gasteiger charge is 2.46. The summed E-state index contributed by atoms with van der Waals surface area (Å²) in [7, 11) is 0. The highest BCUT2D eigenvalue weighted by molar-refractivity contribution is 5.85. The van der Waals surface area contributed by atoms with Crippen molar-refractivity contribution in [3.8, 4) is 0 Å². The number of aliphatic hydroxyl groups excluding tert-OH is 2. The van der Waals surface area contributed by atoms with E-state index in [9.17, 15) is 27.8 Å². The van der Waals surface area contributed by atoms with E-state index in [1.54, 1.807) is 6.07 Å². The van der Waals surface area contributed by atoms with Gasteiger partial charge in [-0.1, -0.05) is 6.07 Å². The molecule has 3 aromatic rings. The molecular weight excluding hydrogens is 414 g/mol. The zero-order valence-corrected chi connectivity index (χ0v) is 15.0. The average Bonchev–Trinajstić information content (AvgIpc) is 3.22. The highest BCUT2D eigenvalue weighted by Crippen LogP contribution is 2.33. The maximum atomic E-state index is 13.4. The number of benzene rings is 1. The summed E-state index contributed by atoms with van der Waals surface area (Å²) >= 11 is 0. The summed E-state index contributed by atoms with van der Waals surface area (Å²) in [6.07, 6.45) is -8.34. The van der Waals surface area contributed by atoms with Crippen LogP contribution in [0.5, 0.6) is 0 Å². The van der Waals surface area contributed by atoms with Gasteiger partial charge in [-0.2, -0.15) is 0 Å². The molecule has 3 N–H and O–H groups in total. The van der Waals surface area contributed by atoms with Gasteiger partial charge in [0, 0.05) is 5.69 Å². The molecule has 13 heteroatoms. The first kappa shape index (κ1) is 20.4. The average molecular weight is 429 g/mol. The number of aliphatic hydroxyl groups is 2. The van der Waals surface area contributed by atoms with Crippen molar-refractivity contribution in [2.24, 2.45) is 0 Å². The predicted octanol–water partition coefficient (Wildman–Crippen LogP) is 1.86. The fourth-order valence-electron chi connectivity index (χ4n) is 3.11. The van der Waals surface area contributed by atoms with Crippen LogP contribution in [0.25, 0.3) is 11.2 Å².